The number of rotatable bonds is 6. The minimum Gasteiger partial charge on any atom is -0.371 e. The predicted octanol–water partition coefficient (Wildman–Crippen LogP) is 2.38. The van der Waals surface area contributed by atoms with E-state index in [-0.39, 0.29) is 5.91 Å². The molecule has 108 valence electrons. The highest BCUT2D eigenvalue weighted by Crippen LogP contribution is 2.22. The largest absolute Gasteiger partial charge is 0.371 e. The van der Waals surface area contributed by atoms with Crippen LogP contribution >= 0.6 is 0 Å². The van der Waals surface area contributed by atoms with Gasteiger partial charge in [0.15, 0.2) is 0 Å². The fourth-order valence-electron chi connectivity index (χ4n) is 2.53. The predicted molar refractivity (Wildman–Crippen MR) is 81.6 cm³/mol. The summed E-state index contributed by atoms with van der Waals surface area (Å²) in [4.78, 5) is 18.0. The Morgan fingerprint density at radius 3 is 2.75 bits per heavy atom. The third-order valence-electron chi connectivity index (χ3n) is 3.81. The van der Waals surface area contributed by atoms with E-state index < -0.39 is 0 Å². The fraction of sp³-hybridized carbons (Fsp3) is 0.500. The molecule has 0 bridgehead atoms. The van der Waals surface area contributed by atoms with Crippen LogP contribution in [-0.2, 0) is 4.79 Å². The van der Waals surface area contributed by atoms with Gasteiger partial charge in [-0.25, -0.2) is 0 Å². The zero-order chi connectivity index (χ0) is 14.2. The lowest BCUT2D eigenvalue weighted by Crippen LogP contribution is -2.38. The first kappa shape index (κ1) is 14.6. The monoisotopic (exact) mass is 273 g/mol. The van der Waals surface area contributed by atoms with Crippen LogP contribution in [0.4, 0.5) is 5.69 Å². The number of carbonyl (C=O) groups excluding carboxylic acids is 1. The number of pyridine rings is 1. The average Bonchev–Trinajstić information content (AvgIpc) is 2.52. The minimum absolute atomic E-state index is 0.140. The molecule has 1 N–H and O–H groups in total. The molecule has 2 rings (SSSR count). The van der Waals surface area contributed by atoms with Crippen molar-refractivity contribution in [1.82, 2.24) is 10.3 Å². The van der Waals surface area contributed by atoms with Crippen molar-refractivity contribution in [1.29, 1.82) is 0 Å². The highest BCUT2D eigenvalue weighted by molar-refractivity contribution is 5.75. The smallest absolute Gasteiger partial charge is 0.220 e. The summed E-state index contributed by atoms with van der Waals surface area (Å²) < 4.78 is 0. The van der Waals surface area contributed by atoms with Crippen LogP contribution in [0.3, 0.4) is 0 Å². The second kappa shape index (κ2) is 7.68. The van der Waals surface area contributed by atoms with Gasteiger partial charge in [0.25, 0.3) is 0 Å². The van der Waals surface area contributed by atoms with Gasteiger partial charge in [0.1, 0.15) is 0 Å². The molecule has 1 aliphatic heterocycles. The van der Waals surface area contributed by atoms with Gasteiger partial charge in [-0.15, -0.1) is 6.58 Å². The van der Waals surface area contributed by atoms with E-state index in [0.717, 1.165) is 38.9 Å². The summed E-state index contributed by atoms with van der Waals surface area (Å²) in [5.41, 5.74) is 1.24. The molecule has 1 saturated heterocycles. The second-order valence-corrected chi connectivity index (χ2v) is 5.27. The van der Waals surface area contributed by atoms with Crippen molar-refractivity contribution < 1.29 is 4.79 Å². The van der Waals surface area contributed by atoms with Crippen LogP contribution in [0.15, 0.2) is 37.2 Å². The van der Waals surface area contributed by atoms with Crippen molar-refractivity contribution in [2.45, 2.75) is 25.7 Å². The standard InChI is InChI=1S/C16H23N3O/c1-2-3-4-16(20)18-13-14-7-11-19(12-8-14)15-5-9-17-10-6-15/h2,5-6,9-10,14H,1,3-4,7-8,11-13H2,(H,18,20). The second-order valence-electron chi connectivity index (χ2n) is 5.27. The Hall–Kier alpha value is -1.84. The molecule has 0 aromatic carbocycles. The summed E-state index contributed by atoms with van der Waals surface area (Å²) in [6, 6.07) is 4.11. The molecule has 1 fully saturated rings. The normalized spacial score (nSPS) is 15.9. The van der Waals surface area contributed by atoms with Gasteiger partial charge in [-0.1, -0.05) is 6.08 Å². The molecule has 0 spiro atoms. The summed E-state index contributed by atoms with van der Waals surface area (Å²) in [5, 5.41) is 3.03. The zero-order valence-corrected chi connectivity index (χ0v) is 11.9. The van der Waals surface area contributed by atoms with Crippen LogP contribution in [-0.4, -0.2) is 30.5 Å². The number of carbonyl (C=O) groups is 1. The number of hydrogen-bond acceptors (Lipinski definition) is 3. The van der Waals surface area contributed by atoms with Crippen molar-refractivity contribution in [3.05, 3.63) is 37.2 Å². The first-order chi connectivity index (χ1) is 9.79. The van der Waals surface area contributed by atoms with Crippen LogP contribution in [0.25, 0.3) is 0 Å². The fourth-order valence-corrected chi connectivity index (χ4v) is 2.53. The van der Waals surface area contributed by atoms with Gasteiger partial charge in [-0.05, 0) is 37.3 Å². The Kier molecular flexibility index (Phi) is 5.59. The number of nitrogens with zero attached hydrogens (tertiary/aromatic N) is 2. The van der Waals surface area contributed by atoms with Crippen molar-refractivity contribution >= 4 is 11.6 Å². The molecule has 20 heavy (non-hydrogen) atoms. The molecule has 0 aliphatic carbocycles. The molecule has 2 heterocycles. The van der Waals surface area contributed by atoms with Gasteiger partial charge in [0.2, 0.25) is 5.91 Å². The lowest BCUT2D eigenvalue weighted by molar-refractivity contribution is -0.121. The summed E-state index contributed by atoms with van der Waals surface area (Å²) in [6.07, 6.45) is 9.02. The molecule has 4 nitrogen and oxygen atoms in total. The SMILES string of the molecule is C=CCCC(=O)NCC1CCN(c2ccncc2)CC1. The number of aromatic nitrogens is 1. The number of piperidine rings is 1. The highest BCUT2D eigenvalue weighted by atomic mass is 16.1. The molecule has 1 aromatic heterocycles. The van der Waals surface area contributed by atoms with Crippen LogP contribution in [0.2, 0.25) is 0 Å². The molecule has 0 saturated carbocycles. The zero-order valence-electron chi connectivity index (χ0n) is 11.9. The van der Waals surface area contributed by atoms with Crippen LogP contribution in [0.1, 0.15) is 25.7 Å². The first-order valence-corrected chi connectivity index (χ1v) is 7.32. The lowest BCUT2D eigenvalue weighted by Gasteiger charge is -2.33. The Labute approximate surface area is 120 Å². The van der Waals surface area contributed by atoms with Crippen LogP contribution < -0.4 is 10.2 Å². The molecule has 0 unspecified atom stereocenters. The van der Waals surface area contributed by atoms with Crippen molar-refractivity contribution in [2.24, 2.45) is 5.92 Å². The van der Waals surface area contributed by atoms with E-state index in [9.17, 15) is 4.79 Å². The summed E-state index contributed by atoms with van der Waals surface area (Å²) >= 11 is 0. The van der Waals surface area contributed by atoms with Gasteiger partial charge in [0.05, 0.1) is 0 Å². The maximum Gasteiger partial charge on any atom is 0.220 e. The first-order valence-electron chi connectivity index (χ1n) is 7.32. The van der Waals surface area contributed by atoms with Gasteiger partial charge < -0.3 is 10.2 Å². The van der Waals surface area contributed by atoms with Gasteiger partial charge in [0, 0.05) is 44.1 Å². The molecule has 1 aromatic rings. The highest BCUT2D eigenvalue weighted by Gasteiger charge is 2.19. The van der Waals surface area contributed by atoms with Crippen LogP contribution in [0.5, 0.6) is 0 Å². The van der Waals surface area contributed by atoms with Gasteiger partial charge in [-0.2, -0.15) is 0 Å². The van der Waals surface area contributed by atoms with Crippen molar-refractivity contribution in [3.63, 3.8) is 0 Å². The van der Waals surface area contributed by atoms with E-state index >= 15 is 0 Å². The molecule has 0 atom stereocenters. The maximum absolute atomic E-state index is 11.6. The van der Waals surface area contributed by atoms with Crippen LogP contribution in [0, 0.1) is 5.92 Å². The topological polar surface area (TPSA) is 45.2 Å². The van der Waals surface area contributed by atoms with Gasteiger partial charge in [-0.3, -0.25) is 9.78 Å². The number of allylic oxidation sites excluding steroid dienone is 1. The molecular weight excluding hydrogens is 250 g/mol. The molecule has 1 aliphatic rings. The van der Waals surface area contributed by atoms with E-state index in [1.54, 1.807) is 6.08 Å². The quantitative estimate of drug-likeness (QED) is 0.809. The summed E-state index contributed by atoms with van der Waals surface area (Å²) in [7, 11) is 0. The van der Waals surface area contributed by atoms with Crippen molar-refractivity contribution in [2.75, 3.05) is 24.5 Å². The number of amides is 1. The van der Waals surface area contributed by atoms with Crippen molar-refractivity contribution in [3.8, 4) is 0 Å². The number of hydrogen-bond donors (Lipinski definition) is 1. The molecule has 1 amide bonds. The Morgan fingerprint density at radius 2 is 2.10 bits per heavy atom. The van der Waals surface area contributed by atoms with E-state index in [2.05, 4.69) is 33.9 Å². The maximum atomic E-state index is 11.6. The Bertz CT molecular complexity index is 425. The minimum atomic E-state index is 0.140. The molecule has 0 radical (unpaired) electrons. The van der Waals surface area contributed by atoms with E-state index in [1.165, 1.54) is 5.69 Å². The van der Waals surface area contributed by atoms with E-state index in [4.69, 9.17) is 0 Å². The lowest BCUT2D eigenvalue weighted by atomic mass is 9.96. The Balaban J connectivity index is 1.69. The van der Waals surface area contributed by atoms with Gasteiger partial charge >= 0.3 is 0 Å². The summed E-state index contributed by atoms with van der Waals surface area (Å²) in [5.74, 6) is 0.738. The molecular formula is C16H23N3O. The average molecular weight is 273 g/mol. The van der Waals surface area contributed by atoms with E-state index in [1.807, 2.05) is 12.4 Å². The van der Waals surface area contributed by atoms with E-state index in [0.29, 0.717) is 12.3 Å². The molecule has 4 heteroatoms. The third-order valence-corrected chi connectivity index (χ3v) is 3.81. The summed E-state index contributed by atoms with van der Waals surface area (Å²) in [6.45, 7) is 6.54. The number of nitrogens with one attached hydrogen (secondary N) is 1. The number of anilines is 1. The third kappa shape index (κ3) is 4.37. The Morgan fingerprint density at radius 1 is 1.40 bits per heavy atom.